The number of hydrogen-bond acceptors (Lipinski definition) is 4. The lowest BCUT2D eigenvalue weighted by Crippen LogP contribution is -2.52. The molecule has 21 heavy (non-hydrogen) atoms. The Hall–Kier alpha value is -0.219. The van der Waals surface area contributed by atoms with Gasteiger partial charge in [-0.3, -0.25) is 0 Å². The highest BCUT2D eigenvalue weighted by molar-refractivity contribution is 6.81. The molecule has 0 fully saturated rings. The van der Waals surface area contributed by atoms with E-state index in [4.69, 9.17) is 13.0 Å². The molecule has 0 saturated carbocycles. The Labute approximate surface area is 134 Å². The fraction of sp³-hybridized carbons (Fsp3) is 0.786. The largest absolute Gasteiger partial charge is 0.460 e. The highest BCUT2D eigenvalue weighted by Crippen LogP contribution is 2.23. The van der Waals surface area contributed by atoms with Crippen LogP contribution in [-0.2, 0) is 17.8 Å². The molecule has 0 bridgehead atoms. The zero-order valence-corrected chi connectivity index (χ0v) is 18.0. The minimum absolute atomic E-state index is 0.164. The van der Waals surface area contributed by atoms with Gasteiger partial charge in [0.2, 0.25) is 8.32 Å². The first-order chi connectivity index (χ1) is 9.37. The summed E-state index contributed by atoms with van der Waals surface area (Å²) in [5, 5.41) is 0. The molecule has 0 rings (SSSR count). The monoisotopic (exact) mass is 348 g/mol. The third kappa shape index (κ3) is 9.41. The molecule has 4 nitrogen and oxygen atoms in total. The lowest BCUT2D eigenvalue weighted by Gasteiger charge is -2.36. The second kappa shape index (κ2) is 8.42. The number of carbonyl (C=O) groups excluding carboxylic acids is 1. The van der Waals surface area contributed by atoms with E-state index >= 15 is 0 Å². The van der Waals surface area contributed by atoms with Crippen molar-refractivity contribution in [3.63, 3.8) is 0 Å². The van der Waals surface area contributed by atoms with Crippen LogP contribution in [0.25, 0.3) is 0 Å². The molecule has 0 aromatic carbocycles. The molecule has 0 heterocycles. The van der Waals surface area contributed by atoms with Crippen LogP contribution >= 0.6 is 0 Å². The first-order valence-corrected chi connectivity index (χ1v) is 16.0. The molecule has 0 aliphatic carbocycles. The Morgan fingerprint density at radius 1 is 1.19 bits per heavy atom. The molecule has 7 heteroatoms. The lowest BCUT2D eigenvalue weighted by atomic mass is 10.1. The maximum absolute atomic E-state index is 11.6. The van der Waals surface area contributed by atoms with Crippen LogP contribution in [0.2, 0.25) is 39.3 Å². The molecular formula is C14H32O4Si3. The van der Waals surface area contributed by atoms with Crippen molar-refractivity contribution in [2.75, 3.05) is 0 Å². The van der Waals surface area contributed by atoms with Crippen molar-refractivity contribution in [3.8, 4) is 0 Å². The average molecular weight is 349 g/mol. The van der Waals surface area contributed by atoms with E-state index in [-0.39, 0.29) is 11.7 Å². The van der Waals surface area contributed by atoms with Crippen molar-refractivity contribution in [3.05, 3.63) is 12.7 Å². The van der Waals surface area contributed by atoms with Crippen LogP contribution in [0, 0.1) is 5.92 Å². The van der Waals surface area contributed by atoms with Gasteiger partial charge in [0.1, 0.15) is 5.73 Å². The van der Waals surface area contributed by atoms with Crippen LogP contribution in [0.15, 0.2) is 12.7 Å². The van der Waals surface area contributed by atoms with Gasteiger partial charge in [0.15, 0.2) is 8.32 Å². The Kier molecular flexibility index (Phi) is 8.33. The van der Waals surface area contributed by atoms with Crippen molar-refractivity contribution in [1.29, 1.82) is 0 Å². The number of carbonyl (C=O) groups is 1. The van der Waals surface area contributed by atoms with Crippen molar-refractivity contribution >= 4 is 31.9 Å². The van der Waals surface area contributed by atoms with Crippen molar-refractivity contribution in [1.82, 2.24) is 0 Å². The van der Waals surface area contributed by atoms with Crippen LogP contribution in [0.1, 0.15) is 20.3 Å². The molecule has 0 aromatic rings. The summed E-state index contributed by atoms with van der Waals surface area (Å²) >= 11 is 0. The summed E-state index contributed by atoms with van der Waals surface area (Å²) in [6.45, 7) is 20.5. The zero-order chi connectivity index (χ0) is 16.8. The summed E-state index contributed by atoms with van der Waals surface area (Å²) in [4.78, 5) is 11.6. The maximum Gasteiger partial charge on any atom is 0.330 e. The molecule has 2 unspecified atom stereocenters. The molecule has 0 aliphatic heterocycles. The van der Waals surface area contributed by atoms with Crippen LogP contribution in [-0.4, -0.2) is 37.6 Å². The van der Waals surface area contributed by atoms with E-state index in [2.05, 4.69) is 59.7 Å². The molecule has 0 N–H and O–H groups in total. The summed E-state index contributed by atoms with van der Waals surface area (Å²) in [6, 6.07) is 0. The van der Waals surface area contributed by atoms with E-state index in [0.717, 1.165) is 6.42 Å². The second-order valence-electron chi connectivity index (χ2n) is 7.28. The second-order valence-corrected chi connectivity index (χ2v) is 18.4. The summed E-state index contributed by atoms with van der Waals surface area (Å²) in [6.07, 6.45) is 2.03. The third-order valence-corrected chi connectivity index (χ3v) is 12.7. The van der Waals surface area contributed by atoms with Crippen LogP contribution in [0.5, 0.6) is 0 Å². The summed E-state index contributed by atoms with van der Waals surface area (Å²) < 4.78 is 18.0. The van der Waals surface area contributed by atoms with Gasteiger partial charge >= 0.3 is 5.97 Å². The van der Waals surface area contributed by atoms with Crippen LogP contribution < -0.4 is 0 Å². The Bertz CT molecular complexity index is 351. The molecule has 0 spiro atoms. The van der Waals surface area contributed by atoms with Gasteiger partial charge in [0, 0.05) is 6.08 Å². The number of rotatable bonds is 9. The summed E-state index contributed by atoms with van der Waals surface area (Å²) in [7, 11) is -5.46. The molecular weight excluding hydrogens is 316 g/mol. The molecule has 2 atom stereocenters. The van der Waals surface area contributed by atoms with Crippen molar-refractivity contribution < 1.29 is 17.8 Å². The zero-order valence-electron chi connectivity index (χ0n) is 14.9. The van der Waals surface area contributed by atoms with Gasteiger partial charge in [0.05, 0.1) is 0 Å². The fourth-order valence-electron chi connectivity index (χ4n) is 2.12. The van der Waals surface area contributed by atoms with Gasteiger partial charge in [-0.1, -0.05) is 20.4 Å². The third-order valence-electron chi connectivity index (χ3n) is 2.88. The molecule has 0 aromatic heterocycles. The standard InChI is InChI=1S/C14H32O4Si3/c1-10-13(15)16-14(11-12(2)3)21(8,9)18-19(4)17-20(5,6)7/h10,12,14,19H,1,11H2,2-9H3. The van der Waals surface area contributed by atoms with E-state index in [1.54, 1.807) is 0 Å². The van der Waals surface area contributed by atoms with Gasteiger partial charge in [-0.05, 0) is 51.6 Å². The van der Waals surface area contributed by atoms with Crippen molar-refractivity contribution in [2.45, 2.75) is 65.3 Å². The molecule has 124 valence electrons. The van der Waals surface area contributed by atoms with Gasteiger partial charge in [-0.25, -0.2) is 4.79 Å². The molecule has 0 amide bonds. The Morgan fingerprint density at radius 2 is 1.71 bits per heavy atom. The van der Waals surface area contributed by atoms with E-state index in [9.17, 15) is 4.79 Å². The molecule has 0 aliphatic rings. The van der Waals surface area contributed by atoms with Crippen LogP contribution in [0.3, 0.4) is 0 Å². The van der Waals surface area contributed by atoms with Gasteiger partial charge < -0.3 is 13.0 Å². The molecule has 0 saturated heterocycles. The quantitative estimate of drug-likeness (QED) is 0.363. The van der Waals surface area contributed by atoms with E-state index in [1.807, 2.05) is 0 Å². The predicted molar refractivity (Wildman–Crippen MR) is 95.5 cm³/mol. The maximum atomic E-state index is 11.6. The SMILES string of the molecule is C=CC(=O)OC(CC(C)C)[Si](C)(C)O[SiH](C)O[Si](C)(C)C. The number of hydrogen-bond donors (Lipinski definition) is 0. The highest BCUT2D eigenvalue weighted by atomic mass is 28.4. The Morgan fingerprint density at radius 3 is 2.10 bits per heavy atom. The van der Waals surface area contributed by atoms with Crippen molar-refractivity contribution in [2.24, 2.45) is 5.92 Å². The first kappa shape index (κ1) is 20.8. The van der Waals surface area contributed by atoms with E-state index < -0.39 is 25.9 Å². The van der Waals surface area contributed by atoms with Gasteiger partial charge in [-0.2, -0.15) is 0 Å². The minimum atomic E-state index is -2.17. The lowest BCUT2D eigenvalue weighted by molar-refractivity contribution is -0.140. The average Bonchev–Trinajstić information content (AvgIpc) is 2.23. The Balaban J connectivity index is 4.90. The smallest absolute Gasteiger partial charge is 0.330 e. The summed E-state index contributed by atoms with van der Waals surface area (Å²) in [5.74, 6) is 0.0723. The van der Waals surface area contributed by atoms with Crippen LogP contribution in [0.4, 0.5) is 0 Å². The van der Waals surface area contributed by atoms with Gasteiger partial charge in [-0.15, -0.1) is 0 Å². The fourth-order valence-corrected chi connectivity index (χ4v) is 12.2. The minimum Gasteiger partial charge on any atom is -0.460 e. The topological polar surface area (TPSA) is 44.8 Å². The summed E-state index contributed by atoms with van der Waals surface area (Å²) in [5.41, 5.74) is -0.164. The normalized spacial score (nSPS) is 15.7. The highest BCUT2D eigenvalue weighted by Gasteiger charge is 2.39. The number of esters is 1. The van der Waals surface area contributed by atoms with Gasteiger partial charge in [0.25, 0.3) is 9.28 Å². The number of ether oxygens (including phenoxy) is 1. The van der Waals surface area contributed by atoms with E-state index in [1.165, 1.54) is 6.08 Å². The first-order valence-electron chi connectivity index (χ1n) is 7.56. The molecule has 0 radical (unpaired) electrons. The predicted octanol–water partition coefficient (Wildman–Crippen LogP) is 3.59. The van der Waals surface area contributed by atoms with E-state index in [0.29, 0.717) is 5.92 Å².